The normalized spacial score (nSPS) is 15.0. The Hall–Kier alpha value is -1.44. The third-order valence-electron chi connectivity index (χ3n) is 4.70. The third-order valence-corrected chi connectivity index (χ3v) is 4.97. The maximum atomic E-state index is 12.4. The van der Waals surface area contributed by atoms with Crippen molar-refractivity contribution in [1.82, 2.24) is 9.80 Å². The Morgan fingerprint density at radius 2 is 1.88 bits per heavy atom. The number of aryl methyl sites for hydroxylation is 2. The molecule has 1 amide bonds. The lowest BCUT2D eigenvalue weighted by molar-refractivity contribution is -0.132. The molecule has 0 aromatic heterocycles. The van der Waals surface area contributed by atoms with E-state index in [1.165, 1.54) is 11.1 Å². The molecule has 6 nitrogen and oxygen atoms in total. The smallest absolute Gasteiger partial charge is 0.236 e. The number of carbonyl (C=O) groups is 1. The molecule has 0 atom stereocenters. The highest BCUT2D eigenvalue weighted by molar-refractivity contribution is 7.92. The average Bonchev–Trinajstić information content (AvgIpc) is 2.58. The van der Waals surface area contributed by atoms with Crippen LogP contribution in [0.15, 0.2) is 12.1 Å². The molecular formula is C18H30N4O2S. The summed E-state index contributed by atoms with van der Waals surface area (Å²) in [4.78, 5) is 18.7. The van der Waals surface area contributed by atoms with E-state index in [1.807, 2.05) is 18.0 Å². The van der Waals surface area contributed by atoms with Crippen LogP contribution in [-0.2, 0) is 4.79 Å². The second-order valence-corrected chi connectivity index (χ2v) is 7.05. The van der Waals surface area contributed by atoms with Crippen molar-refractivity contribution in [3.8, 4) is 5.75 Å². The van der Waals surface area contributed by atoms with Crippen LogP contribution >= 0.6 is 12.2 Å². The highest BCUT2D eigenvalue weighted by Gasteiger charge is 2.24. The molecule has 0 bridgehead atoms. The Bertz CT molecular complexity index is 589. The van der Waals surface area contributed by atoms with Crippen molar-refractivity contribution in [2.24, 2.45) is 5.14 Å². The number of benzene rings is 1. The number of piperazine rings is 1. The molecule has 1 fully saturated rings. The molecule has 1 saturated heterocycles. The molecule has 7 heteroatoms. The molecule has 1 aromatic rings. The fraction of sp³-hybridized carbons (Fsp3) is 0.611. The van der Waals surface area contributed by atoms with Crippen molar-refractivity contribution in [2.45, 2.75) is 27.2 Å². The van der Waals surface area contributed by atoms with Gasteiger partial charge in [0.05, 0.1) is 12.2 Å². The molecule has 1 aliphatic rings. The Morgan fingerprint density at radius 1 is 1.24 bits per heavy atom. The van der Waals surface area contributed by atoms with Crippen LogP contribution in [0, 0.1) is 13.8 Å². The summed E-state index contributed by atoms with van der Waals surface area (Å²) in [6, 6.07) is 4.18. The van der Waals surface area contributed by atoms with E-state index in [-0.39, 0.29) is 5.91 Å². The van der Waals surface area contributed by atoms with Gasteiger partial charge in [-0.1, -0.05) is 6.92 Å². The number of hydrogen-bond acceptors (Lipinski definition) is 6. The molecule has 0 unspecified atom stereocenters. The van der Waals surface area contributed by atoms with Crippen molar-refractivity contribution < 1.29 is 8.98 Å². The number of anilines is 1. The molecule has 2 N–H and O–H groups in total. The molecule has 1 heterocycles. The summed E-state index contributed by atoms with van der Waals surface area (Å²) in [7, 11) is 2.00. The van der Waals surface area contributed by atoms with Gasteiger partial charge in [0.2, 0.25) is 5.91 Å². The molecule has 1 aromatic carbocycles. The van der Waals surface area contributed by atoms with E-state index in [4.69, 9.17) is 9.32 Å². The predicted molar refractivity (Wildman–Crippen MR) is 105 cm³/mol. The highest BCUT2D eigenvalue weighted by atomic mass is 32.2. The van der Waals surface area contributed by atoms with Gasteiger partial charge < -0.3 is 14.0 Å². The van der Waals surface area contributed by atoms with E-state index in [0.717, 1.165) is 62.8 Å². The van der Waals surface area contributed by atoms with Gasteiger partial charge in [-0.2, -0.15) is 0 Å². The molecular weight excluding hydrogens is 336 g/mol. The minimum atomic E-state index is 0.213. The fourth-order valence-electron chi connectivity index (χ4n) is 3.13. The molecule has 1 aliphatic heterocycles. The van der Waals surface area contributed by atoms with Gasteiger partial charge in [0.15, 0.2) is 5.75 Å². The monoisotopic (exact) mass is 366 g/mol. The van der Waals surface area contributed by atoms with E-state index in [2.05, 4.69) is 36.6 Å². The van der Waals surface area contributed by atoms with E-state index in [0.29, 0.717) is 6.54 Å². The number of rotatable bonds is 7. The number of nitrogens with two attached hydrogens (primary N) is 1. The van der Waals surface area contributed by atoms with Crippen LogP contribution in [0.5, 0.6) is 5.75 Å². The number of amides is 1. The first-order valence-electron chi connectivity index (χ1n) is 8.82. The quantitative estimate of drug-likeness (QED) is 0.590. The zero-order chi connectivity index (χ0) is 18.4. The van der Waals surface area contributed by atoms with E-state index in [1.54, 1.807) is 0 Å². The minimum absolute atomic E-state index is 0.213. The maximum absolute atomic E-state index is 12.4. The van der Waals surface area contributed by atoms with Crippen LogP contribution in [-0.4, -0.2) is 62.0 Å². The van der Waals surface area contributed by atoms with Crippen LogP contribution < -0.4 is 14.2 Å². The average molecular weight is 367 g/mol. The summed E-state index contributed by atoms with van der Waals surface area (Å²) < 4.78 is 5.55. The standard InChI is InChI=1S/C18H30N4O2S/c1-5-6-20(4)13-18(23)22-9-7-21(8-10-22)16-11-14(2)15(3)12-17(16)24-25-19/h11-12H,5-10,13,19H2,1-4H3. The lowest BCUT2D eigenvalue weighted by Crippen LogP contribution is -2.51. The fourth-order valence-corrected chi connectivity index (χ4v) is 3.37. The van der Waals surface area contributed by atoms with E-state index < -0.39 is 0 Å². The number of carbonyl (C=O) groups excluding carboxylic acids is 1. The van der Waals surface area contributed by atoms with Crippen molar-refractivity contribution in [1.29, 1.82) is 0 Å². The van der Waals surface area contributed by atoms with Gasteiger partial charge in [-0.25, -0.2) is 5.14 Å². The number of likely N-dealkylation sites (N-methyl/N-ethyl adjacent to an activating group) is 1. The molecule has 25 heavy (non-hydrogen) atoms. The number of nitrogens with zero attached hydrogens (tertiary/aromatic N) is 3. The predicted octanol–water partition coefficient (Wildman–Crippen LogP) is 2.19. The summed E-state index contributed by atoms with van der Waals surface area (Å²) in [5.74, 6) is 1.00. The van der Waals surface area contributed by atoms with Crippen LogP contribution in [0.2, 0.25) is 0 Å². The lowest BCUT2D eigenvalue weighted by atomic mass is 10.1. The van der Waals surface area contributed by atoms with Gasteiger partial charge in [-0.05, 0) is 57.1 Å². The van der Waals surface area contributed by atoms with Gasteiger partial charge in [0.1, 0.15) is 12.2 Å². The molecule has 140 valence electrons. The highest BCUT2D eigenvalue weighted by Crippen LogP contribution is 2.33. The molecule has 0 saturated carbocycles. The zero-order valence-electron chi connectivity index (χ0n) is 15.7. The summed E-state index contributed by atoms with van der Waals surface area (Å²) in [5, 5.41) is 5.50. The Morgan fingerprint density at radius 3 is 2.48 bits per heavy atom. The van der Waals surface area contributed by atoms with Crippen LogP contribution in [0.3, 0.4) is 0 Å². The summed E-state index contributed by atoms with van der Waals surface area (Å²) in [5.41, 5.74) is 3.46. The minimum Gasteiger partial charge on any atom is -0.408 e. The second kappa shape index (κ2) is 9.31. The third kappa shape index (κ3) is 5.26. The van der Waals surface area contributed by atoms with Crippen molar-refractivity contribution >= 4 is 23.8 Å². The first-order chi connectivity index (χ1) is 12.0. The topological polar surface area (TPSA) is 62.0 Å². The summed E-state index contributed by atoms with van der Waals surface area (Å²) in [6.07, 6.45) is 1.06. The van der Waals surface area contributed by atoms with Crippen LogP contribution in [0.4, 0.5) is 5.69 Å². The second-order valence-electron chi connectivity index (χ2n) is 6.69. The first-order valence-corrected chi connectivity index (χ1v) is 9.62. The lowest BCUT2D eigenvalue weighted by Gasteiger charge is -2.37. The Balaban J connectivity index is 2.00. The molecule has 0 aliphatic carbocycles. The molecule has 0 spiro atoms. The first kappa shape index (κ1) is 19.9. The van der Waals surface area contributed by atoms with Gasteiger partial charge in [0, 0.05) is 26.2 Å². The zero-order valence-corrected chi connectivity index (χ0v) is 16.6. The van der Waals surface area contributed by atoms with Crippen molar-refractivity contribution in [2.75, 3.05) is 51.2 Å². The molecule has 2 rings (SSSR count). The van der Waals surface area contributed by atoms with Crippen LogP contribution in [0.25, 0.3) is 0 Å². The summed E-state index contributed by atoms with van der Waals surface area (Å²) in [6.45, 7) is 10.8. The Labute approximate surface area is 155 Å². The largest absolute Gasteiger partial charge is 0.408 e. The van der Waals surface area contributed by atoms with Crippen molar-refractivity contribution in [3.05, 3.63) is 23.3 Å². The Kier molecular flexibility index (Phi) is 7.40. The maximum Gasteiger partial charge on any atom is 0.236 e. The number of hydrogen-bond donors (Lipinski definition) is 1. The van der Waals surface area contributed by atoms with Gasteiger partial charge in [0.25, 0.3) is 0 Å². The summed E-state index contributed by atoms with van der Waals surface area (Å²) >= 11 is 0.868. The van der Waals surface area contributed by atoms with Gasteiger partial charge in [-0.3, -0.25) is 9.69 Å². The molecule has 0 radical (unpaired) electrons. The van der Waals surface area contributed by atoms with Gasteiger partial charge in [-0.15, -0.1) is 0 Å². The SMILES string of the molecule is CCCN(C)CC(=O)N1CCN(c2cc(C)c(C)cc2OSN)CC1. The van der Waals surface area contributed by atoms with Gasteiger partial charge >= 0.3 is 0 Å². The van der Waals surface area contributed by atoms with E-state index in [9.17, 15) is 4.79 Å². The van der Waals surface area contributed by atoms with Crippen molar-refractivity contribution in [3.63, 3.8) is 0 Å². The van der Waals surface area contributed by atoms with Crippen LogP contribution in [0.1, 0.15) is 24.5 Å². The van der Waals surface area contributed by atoms with E-state index >= 15 is 0 Å².